The van der Waals surface area contributed by atoms with E-state index in [1.165, 1.54) is 15.9 Å². The summed E-state index contributed by atoms with van der Waals surface area (Å²) < 4.78 is 0. The summed E-state index contributed by atoms with van der Waals surface area (Å²) in [5.41, 5.74) is 1.15. The molecule has 0 fully saturated rings. The van der Waals surface area contributed by atoms with Crippen LogP contribution >= 0.6 is 7.26 Å². The van der Waals surface area contributed by atoms with Crippen molar-refractivity contribution < 1.29 is 0 Å². The molecule has 0 aliphatic carbocycles. The molecule has 0 bridgehead atoms. The van der Waals surface area contributed by atoms with E-state index in [0.29, 0.717) is 0 Å². The van der Waals surface area contributed by atoms with E-state index in [1.807, 2.05) is 12.3 Å². The minimum atomic E-state index is -2.23. The van der Waals surface area contributed by atoms with Crippen molar-refractivity contribution in [3.05, 3.63) is 121 Å². The Kier molecular flexibility index (Phi) is 4.91. The minimum absolute atomic E-state index is 0.950. The van der Waals surface area contributed by atoms with Gasteiger partial charge < -0.3 is 0 Å². The molecule has 1 heterocycles. The molecule has 0 aliphatic rings. The van der Waals surface area contributed by atoms with E-state index in [-0.39, 0.29) is 0 Å². The molecule has 0 radical (unpaired) electrons. The fourth-order valence-corrected chi connectivity index (χ4v) is 8.40. The summed E-state index contributed by atoms with van der Waals surface area (Å²) in [4.78, 5) is 4.67. The SMILES string of the molecule is c1ccc([PH](Cc2ccccn2)(c2ccccc2)c2ccccc2)cc1. The van der Waals surface area contributed by atoms with Gasteiger partial charge in [0.05, 0.1) is 0 Å². The summed E-state index contributed by atoms with van der Waals surface area (Å²) in [6, 6.07) is 39.2. The van der Waals surface area contributed by atoms with Crippen LogP contribution in [0.2, 0.25) is 0 Å². The molecular formula is C24H22NP. The predicted octanol–water partition coefficient (Wildman–Crippen LogP) is 4.31. The average Bonchev–Trinajstić information content (AvgIpc) is 2.75. The Balaban J connectivity index is 2.00. The molecule has 128 valence electrons. The Morgan fingerprint density at radius 1 is 0.500 bits per heavy atom. The van der Waals surface area contributed by atoms with Gasteiger partial charge in [-0.3, -0.25) is 0 Å². The molecule has 1 nitrogen and oxygen atoms in total. The van der Waals surface area contributed by atoms with Crippen molar-refractivity contribution in [2.24, 2.45) is 0 Å². The van der Waals surface area contributed by atoms with Crippen LogP contribution in [0, 0.1) is 0 Å². The normalized spacial score (nSPS) is 11.8. The van der Waals surface area contributed by atoms with E-state index >= 15 is 0 Å². The van der Waals surface area contributed by atoms with Crippen molar-refractivity contribution in [2.45, 2.75) is 6.16 Å². The van der Waals surface area contributed by atoms with Gasteiger partial charge >= 0.3 is 155 Å². The van der Waals surface area contributed by atoms with Gasteiger partial charge in [0, 0.05) is 0 Å². The summed E-state index contributed by atoms with van der Waals surface area (Å²) in [6.07, 6.45) is 2.85. The van der Waals surface area contributed by atoms with Crippen LogP contribution in [0.25, 0.3) is 0 Å². The molecule has 0 spiro atoms. The quantitative estimate of drug-likeness (QED) is 0.486. The molecule has 4 rings (SSSR count). The summed E-state index contributed by atoms with van der Waals surface area (Å²) in [6.45, 7) is 0. The number of pyridine rings is 1. The van der Waals surface area contributed by atoms with Crippen LogP contribution in [-0.2, 0) is 6.16 Å². The van der Waals surface area contributed by atoms with Crippen molar-refractivity contribution in [1.82, 2.24) is 4.98 Å². The Morgan fingerprint density at radius 2 is 0.923 bits per heavy atom. The van der Waals surface area contributed by atoms with E-state index in [2.05, 4.69) is 108 Å². The standard InChI is InChI=1S/C24H22NP/c1-4-13-22(14-5-1)26(23-15-6-2-7-16-23,24-17-8-3-9-18-24)20-21-12-10-11-19-25-21/h1-19,26H,20H2. The summed E-state index contributed by atoms with van der Waals surface area (Å²) in [5.74, 6) is 0. The van der Waals surface area contributed by atoms with Gasteiger partial charge in [-0.15, -0.1) is 0 Å². The Morgan fingerprint density at radius 3 is 1.31 bits per heavy atom. The monoisotopic (exact) mass is 355 g/mol. The molecule has 0 N–H and O–H groups in total. The third-order valence-corrected chi connectivity index (χ3v) is 9.82. The Labute approximate surface area is 155 Å². The third-order valence-electron chi connectivity index (χ3n) is 4.97. The number of hydrogen-bond donors (Lipinski definition) is 0. The number of hydrogen-bond acceptors (Lipinski definition) is 1. The maximum absolute atomic E-state index is 4.67. The molecule has 0 atom stereocenters. The predicted molar refractivity (Wildman–Crippen MR) is 114 cm³/mol. The van der Waals surface area contributed by atoms with Crippen LogP contribution in [0.5, 0.6) is 0 Å². The van der Waals surface area contributed by atoms with Crippen LogP contribution < -0.4 is 15.9 Å². The summed E-state index contributed by atoms with van der Waals surface area (Å²) in [7, 11) is -2.23. The topological polar surface area (TPSA) is 12.9 Å². The van der Waals surface area contributed by atoms with Crippen LogP contribution in [-0.4, -0.2) is 4.98 Å². The second-order valence-corrected chi connectivity index (χ2v) is 10.4. The van der Waals surface area contributed by atoms with E-state index in [0.717, 1.165) is 11.9 Å². The molecule has 0 amide bonds. The number of aromatic nitrogens is 1. The van der Waals surface area contributed by atoms with Crippen LogP contribution in [0.15, 0.2) is 115 Å². The first-order valence-electron chi connectivity index (χ1n) is 8.96. The van der Waals surface area contributed by atoms with E-state index in [9.17, 15) is 0 Å². The fraction of sp³-hybridized carbons (Fsp3) is 0.0417. The maximum atomic E-state index is 4.67. The molecule has 1 aromatic heterocycles. The van der Waals surface area contributed by atoms with Crippen LogP contribution in [0.1, 0.15) is 5.69 Å². The van der Waals surface area contributed by atoms with Gasteiger partial charge in [-0.2, -0.15) is 0 Å². The summed E-state index contributed by atoms with van der Waals surface area (Å²) in [5, 5.41) is 4.26. The molecule has 0 aliphatic heterocycles. The first-order valence-corrected chi connectivity index (χ1v) is 11.2. The van der Waals surface area contributed by atoms with Gasteiger partial charge in [0.25, 0.3) is 0 Å². The first kappa shape index (κ1) is 16.7. The molecular weight excluding hydrogens is 333 g/mol. The van der Waals surface area contributed by atoms with Gasteiger partial charge in [-0.05, 0) is 0 Å². The van der Waals surface area contributed by atoms with Crippen LogP contribution in [0.4, 0.5) is 0 Å². The Bertz CT molecular complexity index is 842. The van der Waals surface area contributed by atoms with Crippen molar-refractivity contribution in [3.63, 3.8) is 0 Å². The van der Waals surface area contributed by atoms with Crippen molar-refractivity contribution >= 4 is 23.2 Å². The number of benzene rings is 3. The molecule has 0 unspecified atom stereocenters. The van der Waals surface area contributed by atoms with E-state index in [1.54, 1.807) is 0 Å². The van der Waals surface area contributed by atoms with Crippen LogP contribution in [0.3, 0.4) is 0 Å². The average molecular weight is 355 g/mol. The molecule has 4 aromatic rings. The van der Waals surface area contributed by atoms with E-state index < -0.39 is 7.26 Å². The molecule has 2 heteroatoms. The zero-order valence-electron chi connectivity index (χ0n) is 14.6. The third kappa shape index (κ3) is 3.19. The van der Waals surface area contributed by atoms with Crippen molar-refractivity contribution in [1.29, 1.82) is 0 Å². The van der Waals surface area contributed by atoms with Gasteiger partial charge in [-0.1, -0.05) is 0 Å². The fourth-order valence-electron chi connectivity index (χ4n) is 3.75. The molecule has 0 saturated carbocycles. The zero-order chi connectivity index (χ0) is 17.7. The van der Waals surface area contributed by atoms with Crippen molar-refractivity contribution in [2.75, 3.05) is 0 Å². The first-order chi connectivity index (χ1) is 12.9. The van der Waals surface area contributed by atoms with Gasteiger partial charge in [0.1, 0.15) is 0 Å². The zero-order valence-corrected chi connectivity index (χ0v) is 15.6. The molecule has 3 aromatic carbocycles. The Hall–Kier alpha value is -2.76. The molecule has 26 heavy (non-hydrogen) atoms. The van der Waals surface area contributed by atoms with Gasteiger partial charge in [-0.25, -0.2) is 0 Å². The second-order valence-electron chi connectivity index (χ2n) is 6.50. The van der Waals surface area contributed by atoms with Gasteiger partial charge in [0.2, 0.25) is 0 Å². The number of rotatable bonds is 5. The molecule has 0 saturated heterocycles. The summed E-state index contributed by atoms with van der Waals surface area (Å²) >= 11 is 0. The second kappa shape index (κ2) is 7.64. The van der Waals surface area contributed by atoms with Crippen molar-refractivity contribution in [3.8, 4) is 0 Å². The van der Waals surface area contributed by atoms with E-state index in [4.69, 9.17) is 0 Å². The number of nitrogens with zero attached hydrogens (tertiary/aromatic N) is 1. The van der Waals surface area contributed by atoms with Gasteiger partial charge in [0.15, 0.2) is 0 Å².